The molecule has 0 bridgehead atoms. The average Bonchev–Trinajstić information content (AvgIpc) is 3.54. The van der Waals surface area contributed by atoms with E-state index in [-0.39, 0.29) is 6.71 Å². The molecule has 0 fully saturated rings. The molecule has 0 saturated carbocycles. The van der Waals surface area contributed by atoms with E-state index < -0.39 is 5.41 Å². The molecular formula is C54H43B. The number of aryl methyl sites for hydroxylation is 2. The molecule has 9 rings (SSSR count). The van der Waals surface area contributed by atoms with Gasteiger partial charge in [-0.2, -0.15) is 0 Å². The van der Waals surface area contributed by atoms with Crippen molar-refractivity contribution in [2.75, 3.05) is 0 Å². The van der Waals surface area contributed by atoms with Gasteiger partial charge in [-0.25, -0.2) is 0 Å². The molecule has 0 aromatic heterocycles. The minimum absolute atomic E-state index is 0.00965. The van der Waals surface area contributed by atoms with Crippen molar-refractivity contribution in [2.45, 2.75) is 26.2 Å². The fraction of sp³-hybridized carbons (Fsp3) is 0.0741. The van der Waals surface area contributed by atoms with Gasteiger partial charge >= 0.3 is 0 Å². The van der Waals surface area contributed by atoms with Gasteiger partial charge < -0.3 is 0 Å². The highest BCUT2D eigenvalue weighted by Gasteiger charge is 2.45. The zero-order chi connectivity index (χ0) is 37.5. The van der Waals surface area contributed by atoms with Crippen molar-refractivity contribution in [3.8, 4) is 22.3 Å². The van der Waals surface area contributed by atoms with Gasteiger partial charge in [0.1, 0.15) is 0 Å². The molecule has 0 radical (unpaired) electrons. The first kappa shape index (κ1) is 34.3. The second-order valence-electron chi connectivity index (χ2n) is 14.9. The summed E-state index contributed by atoms with van der Waals surface area (Å²) < 4.78 is 0. The number of hydrogen-bond donors (Lipinski definition) is 0. The Labute approximate surface area is 326 Å². The van der Waals surface area contributed by atoms with Crippen LogP contribution in [0.5, 0.6) is 0 Å². The van der Waals surface area contributed by atoms with Crippen LogP contribution in [0, 0.1) is 13.8 Å². The van der Waals surface area contributed by atoms with Crippen molar-refractivity contribution in [3.63, 3.8) is 0 Å². The van der Waals surface area contributed by atoms with Gasteiger partial charge in [-0.05, 0) is 93.2 Å². The SMILES string of the molecule is C=Cc1ccc(C)c(B(c2cccc(-c3cccc(C4(c5ccccc5)c5ccccc5-c5ccccc54)c3)c2)c2c(C)ccc3ccccc23)c1/C=C\C. The maximum atomic E-state index is 4.23. The highest BCUT2D eigenvalue weighted by atomic mass is 14.5. The van der Waals surface area contributed by atoms with Gasteiger partial charge in [-0.15, -0.1) is 0 Å². The molecule has 8 aromatic rings. The van der Waals surface area contributed by atoms with E-state index in [4.69, 9.17) is 0 Å². The Morgan fingerprint density at radius 2 is 1.13 bits per heavy atom. The van der Waals surface area contributed by atoms with Crippen LogP contribution in [0.15, 0.2) is 189 Å². The normalized spacial score (nSPS) is 12.8. The predicted molar refractivity (Wildman–Crippen MR) is 239 cm³/mol. The minimum Gasteiger partial charge on any atom is -0.0984 e. The molecule has 262 valence electrons. The molecule has 0 N–H and O–H groups in total. The Morgan fingerprint density at radius 3 is 1.85 bits per heavy atom. The van der Waals surface area contributed by atoms with E-state index in [0.29, 0.717) is 0 Å². The van der Waals surface area contributed by atoms with E-state index in [0.717, 1.165) is 5.56 Å². The van der Waals surface area contributed by atoms with E-state index in [2.05, 4.69) is 215 Å². The smallest absolute Gasteiger partial charge is 0.0984 e. The lowest BCUT2D eigenvalue weighted by molar-refractivity contribution is 0.769. The molecule has 1 aliphatic carbocycles. The lowest BCUT2D eigenvalue weighted by atomic mass is 9.34. The van der Waals surface area contributed by atoms with Crippen molar-refractivity contribution in [2.24, 2.45) is 0 Å². The Kier molecular flexibility index (Phi) is 8.80. The van der Waals surface area contributed by atoms with E-state index in [1.807, 2.05) is 6.08 Å². The standard InChI is InChI=1S/C54H43B/c1-5-18-46-39(6-2)33-31-37(3)52(46)55(53-38(4)32-34-40-19-10-11-26-47(40)53)45-25-17-21-42(36-45)41-20-16-24-44(35-41)54(43-22-8-7-9-23-43)50-29-14-12-27-48(50)49-28-13-15-30-51(49)54/h5-36H,2H2,1,3-4H3/b18-5-. The largest absolute Gasteiger partial charge is 0.243 e. The first-order chi connectivity index (χ1) is 27.0. The van der Waals surface area contributed by atoms with Crippen molar-refractivity contribution in [1.29, 1.82) is 0 Å². The third-order valence-corrected chi connectivity index (χ3v) is 11.9. The summed E-state index contributed by atoms with van der Waals surface area (Å²) in [5.41, 5.74) is 18.6. The van der Waals surface area contributed by atoms with Crippen LogP contribution in [0.4, 0.5) is 0 Å². The zero-order valence-electron chi connectivity index (χ0n) is 31.8. The van der Waals surface area contributed by atoms with Crippen molar-refractivity contribution < 1.29 is 0 Å². The Bertz CT molecular complexity index is 2720. The lowest BCUT2D eigenvalue weighted by Crippen LogP contribution is -2.55. The maximum absolute atomic E-state index is 4.23. The van der Waals surface area contributed by atoms with Gasteiger partial charge in [0, 0.05) is 0 Å². The van der Waals surface area contributed by atoms with Crippen LogP contribution in [0.3, 0.4) is 0 Å². The van der Waals surface area contributed by atoms with Gasteiger partial charge in [0.15, 0.2) is 0 Å². The van der Waals surface area contributed by atoms with Crippen molar-refractivity contribution in [3.05, 3.63) is 233 Å². The predicted octanol–water partition coefficient (Wildman–Crippen LogP) is 11.7. The van der Waals surface area contributed by atoms with Crippen LogP contribution in [0.2, 0.25) is 0 Å². The zero-order valence-corrected chi connectivity index (χ0v) is 31.8. The summed E-state index contributed by atoms with van der Waals surface area (Å²) in [5, 5.41) is 2.54. The summed E-state index contributed by atoms with van der Waals surface area (Å²) in [5.74, 6) is 0. The van der Waals surface area contributed by atoms with Gasteiger partial charge in [-0.1, -0.05) is 222 Å². The van der Waals surface area contributed by atoms with Crippen LogP contribution in [-0.4, -0.2) is 6.71 Å². The molecule has 0 unspecified atom stereocenters. The monoisotopic (exact) mass is 702 g/mol. The van der Waals surface area contributed by atoms with E-state index in [9.17, 15) is 0 Å². The van der Waals surface area contributed by atoms with Crippen LogP contribution >= 0.6 is 0 Å². The molecule has 1 aliphatic rings. The molecule has 0 amide bonds. The van der Waals surface area contributed by atoms with Crippen LogP contribution in [0.25, 0.3) is 45.2 Å². The second kappa shape index (κ2) is 14.1. The topological polar surface area (TPSA) is 0 Å². The summed E-state index contributed by atoms with van der Waals surface area (Å²) in [4.78, 5) is 0. The number of allylic oxidation sites excluding steroid dienone is 1. The summed E-state index contributed by atoms with van der Waals surface area (Å²) in [7, 11) is 0. The van der Waals surface area contributed by atoms with Gasteiger partial charge in [-0.3, -0.25) is 0 Å². The van der Waals surface area contributed by atoms with E-state index in [1.54, 1.807) is 0 Å². The maximum Gasteiger partial charge on any atom is 0.243 e. The minimum atomic E-state index is -0.450. The first-order valence-corrected chi connectivity index (χ1v) is 19.4. The fourth-order valence-electron chi connectivity index (χ4n) is 9.48. The quantitative estimate of drug-likeness (QED) is 0.138. The highest BCUT2D eigenvalue weighted by Crippen LogP contribution is 2.56. The number of fused-ring (bicyclic) bond motifs is 4. The van der Waals surface area contributed by atoms with Crippen molar-refractivity contribution >= 4 is 46.0 Å². The van der Waals surface area contributed by atoms with E-state index in [1.165, 1.54) is 88.4 Å². The molecule has 0 nitrogen and oxygen atoms in total. The molecule has 0 heterocycles. The summed E-state index contributed by atoms with van der Waals surface area (Å²) >= 11 is 0. The Hall–Kier alpha value is -6.44. The summed E-state index contributed by atoms with van der Waals surface area (Å²) in [6.07, 6.45) is 6.41. The lowest BCUT2D eigenvalue weighted by Gasteiger charge is -2.34. The number of benzene rings is 8. The third kappa shape index (κ3) is 5.54. The van der Waals surface area contributed by atoms with Crippen molar-refractivity contribution in [1.82, 2.24) is 0 Å². The van der Waals surface area contributed by atoms with Crippen LogP contribution < -0.4 is 16.4 Å². The third-order valence-electron chi connectivity index (χ3n) is 11.9. The summed E-state index contributed by atoms with van der Waals surface area (Å²) in [6.45, 7) is 10.9. The first-order valence-electron chi connectivity index (χ1n) is 19.4. The number of hydrogen-bond acceptors (Lipinski definition) is 0. The van der Waals surface area contributed by atoms with Crippen LogP contribution in [-0.2, 0) is 5.41 Å². The van der Waals surface area contributed by atoms with E-state index >= 15 is 0 Å². The Morgan fingerprint density at radius 1 is 0.527 bits per heavy atom. The average molecular weight is 703 g/mol. The molecule has 0 aliphatic heterocycles. The molecular weight excluding hydrogens is 659 g/mol. The molecule has 1 heteroatoms. The molecule has 0 atom stereocenters. The second-order valence-corrected chi connectivity index (χ2v) is 14.9. The highest BCUT2D eigenvalue weighted by molar-refractivity contribution is 6.98. The molecule has 8 aromatic carbocycles. The van der Waals surface area contributed by atoms with Gasteiger partial charge in [0.2, 0.25) is 6.71 Å². The Balaban J connectivity index is 1.29. The number of rotatable bonds is 8. The van der Waals surface area contributed by atoms with Gasteiger partial charge in [0.25, 0.3) is 0 Å². The summed E-state index contributed by atoms with van der Waals surface area (Å²) in [6, 6.07) is 65.5. The fourth-order valence-corrected chi connectivity index (χ4v) is 9.48. The molecule has 55 heavy (non-hydrogen) atoms. The molecule has 0 spiro atoms. The van der Waals surface area contributed by atoms with Gasteiger partial charge in [0.05, 0.1) is 5.41 Å². The molecule has 0 saturated heterocycles. The van der Waals surface area contributed by atoms with Crippen LogP contribution in [0.1, 0.15) is 51.4 Å².